The third kappa shape index (κ3) is 7.36. The van der Waals surface area contributed by atoms with E-state index in [1.54, 1.807) is 20.8 Å². The van der Waals surface area contributed by atoms with Gasteiger partial charge in [-0.05, 0) is 74.7 Å². The van der Waals surface area contributed by atoms with E-state index in [0.717, 1.165) is 10.6 Å². The minimum atomic E-state index is -4.94. The molecule has 13 atom stereocenters. The molecule has 0 spiro atoms. The lowest BCUT2D eigenvalue weighted by Gasteiger charge is -2.62. The van der Waals surface area contributed by atoms with E-state index in [2.05, 4.69) is 4.98 Å². The van der Waals surface area contributed by atoms with Crippen LogP contribution in [0.15, 0.2) is 45.7 Å². The van der Waals surface area contributed by atoms with E-state index in [4.69, 9.17) is 22.7 Å². The van der Waals surface area contributed by atoms with Crippen LogP contribution in [0.5, 0.6) is 0 Å². The number of rotatable bonds is 13. The second-order valence-corrected chi connectivity index (χ2v) is 25.1. The van der Waals surface area contributed by atoms with E-state index < -0.39 is 129 Å². The first-order valence-corrected chi connectivity index (χ1v) is 24.5. The van der Waals surface area contributed by atoms with Gasteiger partial charge in [-0.15, -0.1) is 0 Å². The highest BCUT2D eigenvalue weighted by Gasteiger charge is 2.75. The van der Waals surface area contributed by atoms with Gasteiger partial charge in [0.2, 0.25) is 0 Å². The van der Waals surface area contributed by atoms with E-state index >= 15 is 4.39 Å². The first kappa shape index (κ1) is 45.6. The van der Waals surface area contributed by atoms with E-state index in [0.29, 0.717) is 12.0 Å². The minimum Gasteiger partial charge on any atom is -0.407 e. The smallest absolute Gasteiger partial charge is 0.407 e. The van der Waals surface area contributed by atoms with Gasteiger partial charge in [0, 0.05) is 29.0 Å². The predicted octanol–water partition coefficient (Wildman–Crippen LogP) is 4.17. The molecule has 6 rings (SSSR count). The Hall–Kier alpha value is -2.95. The Morgan fingerprint density at radius 2 is 1.88 bits per heavy atom. The Balaban J connectivity index is 1.30. The largest absolute Gasteiger partial charge is 0.475 e. The highest BCUT2D eigenvalue weighted by molar-refractivity contribution is 7.48. The topological polar surface area (TPSA) is 237 Å². The quantitative estimate of drug-likeness (QED) is 0.124. The molecule has 4 fully saturated rings. The number of carbonyl (C=O) groups excluding carboxylic acids is 2. The lowest BCUT2D eigenvalue weighted by atomic mass is 9.44. The van der Waals surface area contributed by atoms with Gasteiger partial charge in [0.1, 0.15) is 30.5 Å². The number of Topliss-reactive ketones (excluding diaryl/α,β-unsaturated/α-hetero) is 1. The molecule has 1 aromatic rings. The highest BCUT2D eigenvalue weighted by Crippen LogP contribution is 2.71. The monoisotopic (exact) mass is 865 g/mol. The van der Waals surface area contributed by atoms with Gasteiger partial charge in [0.25, 0.3) is 5.56 Å². The van der Waals surface area contributed by atoms with E-state index in [1.807, 2.05) is 39.9 Å². The van der Waals surface area contributed by atoms with Crippen LogP contribution in [-0.2, 0) is 36.9 Å². The summed E-state index contributed by atoms with van der Waals surface area (Å²) >= 11 is 0. The molecule has 3 saturated carbocycles. The predicted molar refractivity (Wildman–Crippen MR) is 212 cm³/mol. The van der Waals surface area contributed by atoms with Crippen LogP contribution < -0.4 is 11.2 Å². The van der Waals surface area contributed by atoms with Gasteiger partial charge >= 0.3 is 13.5 Å². The molecule has 1 aliphatic heterocycles. The molecule has 0 bridgehead atoms. The lowest BCUT2D eigenvalue weighted by molar-refractivity contribution is -0.219. The summed E-state index contributed by atoms with van der Waals surface area (Å²) < 4.78 is 63.6. The number of aliphatic hydroxyl groups is 3. The number of halogens is 1. The van der Waals surface area contributed by atoms with Crippen LogP contribution in [0.1, 0.15) is 79.9 Å². The van der Waals surface area contributed by atoms with Crippen LogP contribution in [0.4, 0.5) is 4.39 Å². The van der Waals surface area contributed by atoms with Crippen molar-refractivity contribution in [2.24, 2.45) is 28.6 Å². The zero-order valence-electron chi connectivity index (χ0n) is 34.8. The molecule has 0 aromatic carbocycles. The normalized spacial score (nSPS) is 39.1. The summed E-state index contributed by atoms with van der Waals surface area (Å²) in [6, 6.07) is 2.96. The number of aromatic amines is 1. The van der Waals surface area contributed by atoms with Crippen molar-refractivity contribution in [2.45, 2.75) is 134 Å². The molecule has 2 heterocycles. The number of ketones is 2. The number of carbonyl (C=O) groups is 2. The molecule has 0 amide bonds. The number of nitrogens with one attached hydrogen (secondary N) is 1. The number of ether oxygens (including phenoxy) is 1. The summed E-state index contributed by atoms with van der Waals surface area (Å²) in [6.07, 6.45) is -1.22. The van der Waals surface area contributed by atoms with Crippen molar-refractivity contribution in [3.8, 4) is 6.07 Å². The summed E-state index contributed by atoms with van der Waals surface area (Å²) in [6.45, 7) is 12.4. The van der Waals surface area contributed by atoms with E-state index in [1.165, 1.54) is 24.4 Å². The zero-order chi connectivity index (χ0) is 43.7. The second-order valence-electron chi connectivity index (χ2n) is 18.7. The Morgan fingerprint density at radius 1 is 1.19 bits per heavy atom. The Labute approximate surface area is 343 Å². The summed E-state index contributed by atoms with van der Waals surface area (Å²) in [5.41, 5.74) is -7.99. The summed E-state index contributed by atoms with van der Waals surface area (Å²) in [5.74, 6) is -3.31. The average Bonchev–Trinajstić information content (AvgIpc) is 3.57. The molecule has 2 unspecified atom stereocenters. The van der Waals surface area contributed by atoms with Crippen molar-refractivity contribution >= 4 is 27.7 Å². The number of hydrogen-bond donors (Lipinski definition) is 4. The maximum Gasteiger partial charge on any atom is 0.475 e. The summed E-state index contributed by atoms with van der Waals surface area (Å²) in [5, 5.41) is 43.7. The molecule has 16 nitrogen and oxygen atoms in total. The fourth-order valence-corrected chi connectivity index (χ4v) is 12.9. The van der Waals surface area contributed by atoms with Crippen LogP contribution in [-0.4, -0.2) is 100 Å². The van der Waals surface area contributed by atoms with Crippen molar-refractivity contribution in [3.05, 3.63) is 56.9 Å². The van der Waals surface area contributed by atoms with Gasteiger partial charge in [-0.25, -0.2) is 13.8 Å². The number of allylic oxidation sites excluding steroid dienone is 4. The number of alkyl halides is 1. The van der Waals surface area contributed by atoms with Gasteiger partial charge in [-0.2, -0.15) is 5.26 Å². The van der Waals surface area contributed by atoms with Gasteiger partial charge in [-0.1, -0.05) is 46.3 Å². The van der Waals surface area contributed by atoms with Crippen LogP contribution in [0.25, 0.3) is 0 Å². The Bertz CT molecular complexity index is 2110. The molecule has 59 heavy (non-hydrogen) atoms. The summed E-state index contributed by atoms with van der Waals surface area (Å²) in [4.78, 5) is 53.8. The summed E-state index contributed by atoms with van der Waals surface area (Å²) in [7, 11) is -7.75. The fourth-order valence-electron chi connectivity index (χ4n) is 10.3. The molecule has 4 aliphatic carbocycles. The molecule has 4 N–H and O–H groups in total. The van der Waals surface area contributed by atoms with Crippen LogP contribution in [0.2, 0.25) is 18.1 Å². The molecular formula is C40H57FN3O13PSi. The number of fused-ring (bicyclic) bond motifs is 5. The Morgan fingerprint density at radius 3 is 2.51 bits per heavy atom. The number of aliphatic hydroxyl groups excluding tert-OH is 2. The van der Waals surface area contributed by atoms with Crippen molar-refractivity contribution in [1.29, 1.82) is 5.26 Å². The number of nitriles is 1. The van der Waals surface area contributed by atoms with Crippen molar-refractivity contribution < 1.29 is 56.6 Å². The number of H-pyrrole nitrogens is 1. The molecule has 0 radical (unpaired) electrons. The lowest BCUT2D eigenvalue weighted by Crippen LogP contribution is -2.69. The maximum absolute atomic E-state index is 17.7. The number of phosphoric acid groups is 1. The number of nitrogens with zero attached hydrogens (tertiary/aromatic N) is 2. The SMILES string of the molecule is C[C@@H]1C[C@H]2[C@@H]3CCC4=CC(=O)C=C[C@]4(C)[C@@]3(F)[C@@H](O)C[C@]2(C)[C@@]1(O)C(=O)COP(=O)(OCCC#N)OC1[C@@H](CO)O[C@@H](n2ccc(=O)[nH]c2=O)[C@H]1O[Si](C)(C)C(C)(C)C. The second kappa shape index (κ2) is 15.7. The third-order valence-corrected chi connectivity index (χ3v) is 20.5. The molecule has 326 valence electrons. The van der Waals surface area contributed by atoms with Gasteiger partial charge in [-0.3, -0.25) is 37.5 Å². The van der Waals surface area contributed by atoms with Crippen LogP contribution in [0, 0.1) is 39.9 Å². The van der Waals surface area contributed by atoms with Gasteiger partial charge in [0.05, 0.1) is 31.8 Å². The molecule has 5 aliphatic rings. The maximum atomic E-state index is 17.7. The van der Waals surface area contributed by atoms with Gasteiger partial charge < -0.3 is 24.5 Å². The van der Waals surface area contributed by atoms with Crippen LogP contribution >= 0.6 is 7.82 Å². The number of aromatic nitrogens is 2. The average molecular weight is 866 g/mol. The van der Waals surface area contributed by atoms with E-state index in [9.17, 15) is 44.3 Å². The van der Waals surface area contributed by atoms with E-state index in [-0.39, 0.29) is 31.5 Å². The fraction of sp³-hybridized carbons (Fsp3) is 0.725. The number of hydrogen-bond acceptors (Lipinski definition) is 14. The Kier molecular flexibility index (Phi) is 12.2. The first-order valence-electron chi connectivity index (χ1n) is 20.1. The van der Waals surface area contributed by atoms with Gasteiger partial charge in [0.15, 0.2) is 31.8 Å². The van der Waals surface area contributed by atoms with Crippen molar-refractivity contribution in [1.82, 2.24) is 9.55 Å². The van der Waals surface area contributed by atoms with Crippen molar-refractivity contribution in [2.75, 3.05) is 19.8 Å². The van der Waals surface area contributed by atoms with Crippen LogP contribution in [0.3, 0.4) is 0 Å². The standard InChI is InChI=1S/C40H57FN3O13PSi/c1-23-18-27-26-11-10-24-19-25(46)12-14-37(24,5)39(26,41)29(47)20-38(27,6)40(23,51)30(48)22-54-58(52,53-17-9-15-42)56-32-28(21-45)55-34(44-16-13-31(49)43-35(44)50)33(32)57-59(7,8)36(2,3)4/h12-14,16,19,23,26-29,32-34,45,47,51H,9-11,17-18,20-22H2,1-8H3,(H,43,49,50)/t23-,26+,27+,28-,29+,32?,33+,34-,37+,38+,39+,40+,58?/m1/s1. The molecule has 19 heteroatoms. The molecule has 1 saturated heterocycles. The minimum absolute atomic E-state index is 0.224. The highest BCUT2D eigenvalue weighted by atomic mass is 31.2. The molecular weight excluding hydrogens is 809 g/mol. The molecule has 1 aromatic heterocycles. The number of phosphoric ester groups is 1. The first-order chi connectivity index (χ1) is 27.3. The third-order valence-electron chi connectivity index (χ3n) is 14.5. The van der Waals surface area contributed by atoms with Crippen molar-refractivity contribution in [3.63, 3.8) is 0 Å². The zero-order valence-corrected chi connectivity index (χ0v) is 36.7.